The molecule has 6 heteroatoms. The Morgan fingerprint density at radius 1 is 1.12 bits per heavy atom. The monoisotopic (exact) mass is 337 g/mol. The van der Waals surface area contributed by atoms with Crippen molar-refractivity contribution in [1.82, 2.24) is 24.6 Å². The molecule has 3 aromatic rings. The van der Waals surface area contributed by atoms with Gasteiger partial charge in [-0.05, 0) is 26.1 Å². The molecule has 2 aromatic heterocycles. The van der Waals surface area contributed by atoms with Crippen molar-refractivity contribution in [2.24, 2.45) is 7.05 Å². The standard InChI is InChI=1S/C19H23N5O/c1-14-16(13-24(3)22-14)12-23(2)11-15-9-20-19(21-10-15)17-7-5-6-8-18(17)25-4/h5-10,13H,11-12H2,1-4H3. The van der Waals surface area contributed by atoms with Gasteiger partial charge in [-0.25, -0.2) is 9.97 Å². The van der Waals surface area contributed by atoms with Gasteiger partial charge in [-0.15, -0.1) is 0 Å². The van der Waals surface area contributed by atoms with Crippen LogP contribution < -0.4 is 4.74 Å². The molecule has 0 saturated carbocycles. The third-order valence-corrected chi connectivity index (χ3v) is 4.06. The predicted molar refractivity (Wildman–Crippen MR) is 97.1 cm³/mol. The fourth-order valence-corrected chi connectivity index (χ4v) is 2.87. The molecule has 25 heavy (non-hydrogen) atoms. The highest BCUT2D eigenvalue weighted by Crippen LogP contribution is 2.26. The second-order valence-corrected chi connectivity index (χ2v) is 6.20. The van der Waals surface area contributed by atoms with Gasteiger partial charge in [0, 0.05) is 49.9 Å². The van der Waals surface area contributed by atoms with Crippen LogP contribution in [0, 0.1) is 6.92 Å². The average molecular weight is 337 g/mol. The van der Waals surface area contributed by atoms with Gasteiger partial charge in [0.25, 0.3) is 0 Å². The molecule has 0 atom stereocenters. The summed E-state index contributed by atoms with van der Waals surface area (Å²) in [6, 6.07) is 7.77. The summed E-state index contributed by atoms with van der Waals surface area (Å²) >= 11 is 0. The molecule has 0 spiro atoms. The number of methoxy groups -OCH3 is 1. The Morgan fingerprint density at radius 2 is 1.84 bits per heavy atom. The first-order valence-electron chi connectivity index (χ1n) is 8.19. The van der Waals surface area contributed by atoms with E-state index in [0.29, 0.717) is 5.82 Å². The first kappa shape index (κ1) is 17.1. The lowest BCUT2D eigenvalue weighted by Gasteiger charge is -2.16. The first-order chi connectivity index (χ1) is 12.1. The van der Waals surface area contributed by atoms with Crippen LogP contribution in [0.15, 0.2) is 42.9 Å². The molecule has 0 bridgehead atoms. The zero-order chi connectivity index (χ0) is 17.8. The summed E-state index contributed by atoms with van der Waals surface area (Å²) < 4.78 is 7.23. The Kier molecular flexibility index (Phi) is 5.09. The molecule has 6 nitrogen and oxygen atoms in total. The van der Waals surface area contributed by atoms with Crippen molar-refractivity contribution in [2.75, 3.05) is 14.2 Å². The van der Waals surface area contributed by atoms with Crippen LogP contribution in [0.4, 0.5) is 0 Å². The number of aromatic nitrogens is 4. The van der Waals surface area contributed by atoms with E-state index in [2.05, 4.69) is 33.2 Å². The number of ether oxygens (including phenoxy) is 1. The van der Waals surface area contributed by atoms with Crippen LogP contribution >= 0.6 is 0 Å². The molecule has 0 unspecified atom stereocenters. The van der Waals surface area contributed by atoms with E-state index in [4.69, 9.17) is 4.74 Å². The molecular weight excluding hydrogens is 314 g/mol. The van der Waals surface area contributed by atoms with Crippen molar-refractivity contribution in [1.29, 1.82) is 0 Å². The van der Waals surface area contributed by atoms with Crippen LogP contribution in [0.1, 0.15) is 16.8 Å². The summed E-state index contributed by atoms with van der Waals surface area (Å²) in [4.78, 5) is 11.2. The fourth-order valence-electron chi connectivity index (χ4n) is 2.87. The molecule has 2 heterocycles. The van der Waals surface area contributed by atoms with E-state index in [0.717, 1.165) is 35.7 Å². The summed E-state index contributed by atoms with van der Waals surface area (Å²) in [5.74, 6) is 1.45. The third-order valence-electron chi connectivity index (χ3n) is 4.06. The maximum Gasteiger partial charge on any atom is 0.162 e. The zero-order valence-electron chi connectivity index (χ0n) is 15.1. The minimum Gasteiger partial charge on any atom is -0.496 e. The van der Waals surface area contributed by atoms with Gasteiger partial charge in [0.2, 0.25) is 0 Å². The van der Waals surface area contributed by atoms with E-state index in [9.17, 15) is 0 Å². The average Bonchev–Trinajstić information content (AvgIpc) is 2.92. The van der Waals surface area contributed by atoms with E-state index in [-0.39, 0.29) is 0 Å². The molecule has 0 radical (unpaired) electrons. The Morgan fingerprint density at radius 3 is 2.48 bits per heavy atom. The van der Waals surface area contributed by atoms with E-state index < -0.39 is 0 Å². The number of hydrogen-bond donors (Lipinski definition) is 0. The van der Waals surface area contributed by atoms with Crippen molar-refractivity contribution < 1.29 is 4.74 Å². The van der Waals surface area contributed by atoms with Crippen molar-refractivity contribution in [3.63, 3.8) is 0 Å². The maximum absolute atomic E-state index is 5.38. The number of rotatable bonds is 6. The van der Waals surface area contributed by atoms with Crippen LogP contribution in [0.2, 0.25) is 0 Å². The van der Waals surface area contributed by atoms with Crippen LogP contribution in [0.5, 0.6) is 5.75 Å². The zero-order valence-corrected chi connectivity index (χ0v) is 15.1. The Labute approximate surface area is 148 Å². The Bertz CT molecular complexity index is 841. The minimum atomic E-state index is 0.673. The molecule has 0 saturated heterocycles. The summed E-state index contributed by atoms with van der Waals surface area (Å²) in [5.41, 5.74) is 4.27. The van der Waals surface area contributed by atoms with Gasteiger partial charge in [0.1, 0.15) is 5.75 Å². The van der Waals surface area contributed by atoms with Gasteiger partial charge in [0.05, 0.1) is 18.4 Å². The molecule has 0 aliphatic carbocycles. The molecule has 0 N–H and O–H groups in total. The Hall–Kier alpha value is -2.73. The molecule has 1 aromatic carbocycles. The molecule has 3 rings (SSSR count). The highest BCUT2D eigenvalue weighted by Gasteiger charge is 2.10. The summed E-state index contributed by atoms with van der Waals surface area (Å²) in [5, 5.41) is 4.39. The topological polar surface area (TPSA) is 56.1 Å². The lowest BCUT2D eigenvalue weighted by atomic mass is 10.2. The van der Waals surface area contributed by atoms with Gasteiger partial charge < -0.3 is 4.74 Å². The van der Waals surface area contributed by atoms with Crippen molar-refractivity contribution >= 4 is 0 Å². The van der Waals surface area contributed by atoms with E-state index in [1.165, 1.54) is 5.56 Å². The minimum absolute atomic E-state index is 0.673. The van der Waals surface area contributed by atoms with Gasteiger partial charge in [-0.1, -0.05) is 12.1 Å². The van der Waals surface area contributed by atoms with Crippen LogP contribution in [0.3, 0.4) is 0 Å². The molecular formula is C19H23N5O. The van der Waals surface area contributed by atoms with Crippen LogP contribution in [0.25, 0.3) is 11.4 Å². The fraction of sp³-hybridized carbons (Fsp3) is 0.316. The van der Waals surface area contributed by atoms with Gasteiger partial charge in [0.15, 0.2) is 5.82 Å². The van der Waals surface area contributed by atoms with E-state index in [1.807, 2.05) is 55.3 Å². The number of nitrogens with zero attached hydrogens (tertiary/aromatic N) is 5. The molecule has 0 aliphatic rings. The van der Waals surface area contributed by atoms with Crippen LogP contribution in [-0.2, 0) is 20.1 Å². The molecule has 0 amide bonds. The van der Waals surface area contributed by atoms with Gasteiger partial charge in [-0.2, -0.15) is 5.10 Å². The van der Waals surface area contributed by atoms with Gasteiger partial charge >= 0.3 is 0 Å². The molecule has 0 aliphatic heterocycles. The lowest BCUT2D eigenvalue weighted by Crippen LogP contribution is -2.17. The SMILES string of the molecule is COc1ccccc1-c1ncc(CN(C)Cc2cn(C)nc2C)cn1. The normalized spacial score (nSPS) is 11.1. The number of aryl methyl sites for hydroxylation is 2. The number of benzene rings is 1. The Balaban J connectivity index is 1.69. The second-order valence-electron chi connectivity index (χ2n) is 6.20. The third kappa shape index (κ3) is 4.03. The van der Waals surface area contributed by atoms with Crippen molar-refractivity contribution in [3.8, 4) is 17.1 Å². The van der Waals surface area contributed by atoms with Crippen molar-refractivity contribution in [3.05, 3.63) is 59.7 Å². The van der Waals surface area contributed by atoms with Gasteiger partial charge in [-0.3, -0.25) is 9.58 Å². The summed E-state index contributed by atoms with van der Waals surface area (Å²) in [6.45, 7) is 3.66. The lowest BCUT2D eigenvalue weighted by molar-refractivity contribution is 0.317. The quantitative estimate of drug-likeness (QED) is 0.692. The first-order valence-corrected chi connectivity index (χ1v) is 8.19. The van der Waals surface area contributed by atoms with E-state index in [1.54, 1.807) is 7.11 Å². The highest BCUT2D eigenvalue weighted by atomic mass is 16.5. The van der Waals surface area contributed by atoms with Crippen molar-refractivity contribution in [2.45, 2.75) is 20.0 Å². The second kappa shape index (κ2) is 7.44. The van der Waals surface area contributed by atoms with Crippen LogP contribution in [-0.4, -0.2) is 38.8 Å². The maximum atomic E-state index is 5.38. The molecule has 130 valence electrons. The van der Waals surface area contributed by atoms with E-state index >= 15 is 0 Å². The largest absolute Gasteiger partial charge is 0.496 e. The highest BCUT2D eigenvalue weighted by molar-refractivity contribution is 5.63. The predicted octanol–water partition coefficient (Wildman–Crippen LogP) is 2.83. The smallest absolute Gasteiger partial charge is 0.162 e. The number of hydrogen-bond acceptors (Lipinski definition) is 5. The molecule has 0 fully saturated rings. The summed E-state index contributed by atoms with van der Waals surface area (Å²) in [6.07, 6.45) is 5.82. The summed E-state index contributed by atoms with van der Waals surface area (Å²) in [7, 11) is 5.68. The number of para-hydroxylation sites is 1.